The van der Waals surface area contributed by atoms with E-state index in [2.05, 4.69) is 0 Å². The van der Waals surface area contributed by atoms with Crippen molar-refractivity contribution in [3.63, 3.8) is 0 Å². The molecule has 306 valence electrons. The van der Waals surface area contributed by atoms with Crippen LogP contribution in [-0.4, -0.2) is 152 Å². The van der Waals surface area contributed by atoms with Crippen molar-refractivity contribution in [2.45, 2.75) is 147 Å². The van der Waals surface area contributed by atoms with Gasteiger partial charge in [-0.15, -0.1) is 0 Å². The van der Waals surface area contributed by atoms with Gasteiger partial charge in [-0.2, -0.15) is 0 Å². The Morgan fingerprint density at radius 2 is 1.55 bits per heavy atom. The highest BCUT2D eigenvalue weighted by atomic mass is 16.7. The molecule has 0 saturated carbocycles. The van der Waals surface area contributed by atoms with E-state index in [1.54, 1.807) is 26.0 Å². The molecule has 14 heteroatoms. The van der Waals surface area contributed by atoms with Gasteiger partial charge in [-0.1, -0.05) is 46.3 Å². The maximum Gasteiger partial charge on any atom is 0.308 e. The van der Waals surface area contributed by atoms with Gasteiger partial charge in [-0.3, -0.25) is 9.59 Å². The lowest BCUT2D eigenvalue weighted by molar-refractivity contribution is -0.304. The molecule has 0 aromatic carbocycles. The number of aliphatic hydroxyl groups excluding tert-OH is 4. The molecule has 14 nitrogen and oxygen atoms in total. The van der Waals surface area contributed by atoms with Crippen LogP contribution in [-0.2, 0) is 42.7 Å². The first-order valence-corrected chi connectivity index (χ1v) is 19.2. The minimum Gasteiger partial charge on any atom is -0.462 e. The maximum atomic E-state index is 13.6. The Balaban J connectivity index is 1.96. The predicted molar refractivity (Wildman–Crippen MR) is 196 cm³/mol. The lowest BCUT2D eigenvalue weighted by atomic mass is 9.80. The smallest absolute Gasteiger partial charge is 0.308 e. The number of esters is 1. The quantitative estimate of drug-likeness (QED) is 0.226. The molecule has 0 radical (unpaired) electrons. The monoisotopic (exact) mass is 757 g/mol. The second kappa shape index (κ2) is 21.5. The Morgan fingerprint density at radius 1 is 0.868 bits per heavy atom. The molecule has 0 aliphatic carbocycles. The Morgan fingerprint density at radius 3 is 2.13 bits per heavy atom. The maximum absolute atomic E-state index is 13.6. The number of likely N-dealkylation sites (N-methyl/N-ethyl adjacent to an activating group) is 1. The largest absolute Gasteiger partial charge is 0.462 e. The van der Waals surface area contributed by atoms with Gasteiger partial charge in [0, 0.05) is 38.0 Å². The van der Waals surface area contributed by atoms with Gasteiger partial charge >= 0.3 is 5.97 Å². The van der Waals surface area contributed by atoms with Crippen molar-refractivity contribution < 1.29 is 63.2 Å². The van der Waals surface area contributed by atoms with Crippen LogP contribution in [0, 0.1) is 23.7 Å². The Hall–Kier alpha value is -1.82. The lowest BCUT2D eigenvalue weighted by Gasteiger charge is -2.44. The number of hydrogen-bond donors (Lipinski definition) is 4. The normalized spacial score (nSPS) is 42.9. The number of nitrogens with zero attached hydrogens (tertiary/aromatic N) is 1. The van der Waals surface area contributed by atoms with E-state index < -0.39 is 91.7 Å². The van der Waals surface area contributed by atoms with Crippen LogP contribution >= 0.6 is 0 Å². The highest BCUT2D eigenvalue weighted by Gasteiger charge is 2.46. The van der Waals surface area contributed by atoms with Crippen molar-refractivity contribution in [2.75, 3.05) is 41.5 Å². The number of carbonyl (C=O) groups is 2. The molecule has 3 rings (SSSR count). The van der Waals surface area contributed by atoms with Crippen molar-refractivity contribution >= 4 is 11.8 Å². The van der Waals surface area contributed by atoms with E-state index >= 15 is 0 Å². The Bertz CT molecular complexity index is 1200. The van der Waals surface area contributed by atoms with E-state index in [0.717, 1.165) is 0 Å². The van der Waals surface area contributed by atoms with Crippen LogP contribution in [0.4, 0.5) is 0 Å². The van der Waals surface area contributed by atoms with Gasteiger partial charge in [0.2, 0.25) is 0 Å². The van der Waals surface area contributed by atoms with Crippen LogP contribution in [0.1, 0.15) is 73.6 Å². The molecule has 0 spiro atoms. The van der Waals surface area contributed by atoms with Crippen LogP contribution in [0.15, 0.2) is 23.8 Å². The molecule has 10 unspecified atom stereocenters. The van der Waals surface area contributed by atoms with E-state index in [4.69, 9.17) is 33.2 Å². The molecule has 3 aliphatic heterocycles. The van der Waals surface area contributed by atoms with Crippen LogP contribution in [0.2, 0.25) is 0 Å². The summed E-state index contributed by atoms with van der Waals surface area (Å²) in [5.41, 5.74) is 0.419. The van der Waals surface area contributed by atoms with E-state index in [1.807, 2.05) is 46.7 Å². The molecule has 16 atom stereocenters. The van der Waals surface area contributed by atoms with Gasteiger partial charge in [-0.05, 0) is 64.8 Å². The fourth-order valence-corrected chi connectivity index (χ4v) is 7.74. The fraction of sp³-hybridized carbons (Fsp3) is 0.846. The summed E-state index contributed by atoms with van der Waals surface area (Å²) in [6.07, 6.45) is -2.38. The minimum absolute atomic E-state index is 0.0413. The molecule has 53 heavy (non-hydrogen) atoms. The molecule has 3 heterocycles. The van der Waals surface area contributed by atoms with Crippen molar-refractivity contribution in [1.82, 2.24) is 4.90 Å². The average molecular weight is 758 g/mol. The van der Waals surface area contributed by atoms with E-state index in [1.165, 1.54) is 20.3 Å². The third-order valence-corrected chi connectivity index (χ3v) is 11.2. The number of aliphatic hydroxyl groups is 4. The molecular formula is C39H67NO13. The van der Waals surface area contributed by atoms with Crippen LogP contribution in [0.3, 0.4) is 0 Å². The summed E-state index contributed by atoms with van der Waals surface area (Å²) < 4.78 is 42.0. The average Bonchev–Trinajstić information content (AvgIpc) is 3.12. The van der Waals surface area contributed by atoms with Crippen molar-refractivity contribution in [3.05, 3.63) is 23.8 Å². The molecule has 4 N–H and O–H groups in total. The molecule has 0 amide bonds. The van der Waals surface area contributed by atoms with Gasteiger partial charge in [0.25, 0.3) is 0 Å². The number of carbonyl (C=O) groups excluding carboxylic acids is 2. The number of hydrogen-bond acceptors (Lipinski definition) is 14. The van der Waals surface area contributed by atoms with Gasteiger partial charge in [0.15, 0.2) is 18.4 Å². The van der Waals surface area contributed by atoms with E-state index in [-0.39, 0.29) is 36.9 Å². The summed E-state index contributed by atoms with van der Waals surface area (Å²) in [7, 11) is 6.71. The van der Waals surface area contributed by atoms with Crippen molar-refractivity contribution in [2.24, 2.45) is 23.7 Å². The highest BCUT2D eigenvalue weighted by molar-refractivity contribution is 5.91. The van der Waals surface area contributed by atoms with Gasteiger partial charge in [0.05, 0.1) is 44.1 Å². The summed E-state index contributed by atoms with van der Waals surface area (Å²) in [5, 5.41) is 43.8. The number of allylic oxidation sites excluding steroid dienone is 1. The van der Waals surface area contributed by atoms with Crippen LogP contribution in [0.5, 0.6) is 0 Å². The number of ether oxygens (including phenoxy) is 7. The highest BCUT2D eigenvalue weighted by Crippen LogP contribution is 2.35. The molecule has 0 aromatic heterocycles. The first-order valence-electron chi connectivity index (χ1n) is 19.2. The van der Waals surface area contributed by atoms with Crippen LogP contribution < -0.4 is 0 Å². The minimum atomic E-state index is -1.18. The summed E-state index contributed by atoms with van der Waals surface area (Å²) in [6, 6.07) is -0.214. The summed E-state index contributed by atoms with van der Waals surface area (Å²) in [6.45, 7) is 10.6. The third kappa shape index (κ3) is 12.1. The third-order valence-electron chi connectivity index (χ3n) is 11.2. The number of cyclic esters (lactones) is 1. The van der Waals surface area contributed by atoms with Crippen LogP contribution in [0.25, 0.3) is 0 Å². The number of rotatable bonds is 11. The summed E-state index contributed by atoms with van der Waals surface area (Å²) in [4.78, 5) is 29.0. The zero-order valence-electron chi connectivity index (χ0n) is 33.3. The zero-order chi connectivity index (χ0) is 39.6. The summed E-state index contributed by atoms with van der Waals surface area (Å²) in [5.74, 6) is -2.69. The van der Waals surface area contributed by atoms with E-state index in [0.29, 0.717) is 31.3 Å². The van der Waals surface area contributed by atoms with Gasteiger partial charge < -0.3 is 58.5 Å². The summed E-state index contributed by atoms with van der Waals surface area (Å²) >= 11 is 0. The van der Waals surface area contributed by atoms with Gasteiger partial charge in [-0.25, -0.2) is 0 Å². The Labute approximate surface area is 315 Å². The first-order chi connectivity index (χ1) is 25.1. The zero-order valence-corrected chi connectivity index (χ0v) is 33.3. The molecule has 2 fully saturated rings. The van der Waals surface area contributed by atoms with Gasteiger partial charge in [0.1, 0.15) is 30.5 Å². The Kier molecular flexibility index (Phi) is 18.5. The standard InChI is InChI=1S/C39H67NO13/c1-11-26-15-21(3)29(42)14-13-25(19-41)17-27(20-49-39-37(48-10)36(47-9)33(45)24(6)51-39)31(12-2)52-32(44)18-30(43)23(5)35(26)53-38-34(46)28(40(7)8)16-22(4)50-38/h13-14,17,21-24,26-28,30-31,33-39,41,43,45-46H,11-12,15-16,18-20H2,1-10H3/b14-13+,25-17-/t21-,22?,23+,24?,26+,27-,28?,30-,31+,33?,34?,35?,36?,37?,38?,39?/m1/s1. The molecular weight excluding hydrogens is 690 g/mol. The second-order valence-electron chi connectivity index (χ2n) is 15.3. The molecule has 0 bridgehead atoms. The molecule has 3 aliphatic rings. The fourth-order valence-electron chi connectivity index (χ4n) is 7.74. The molecule has 0 aromatic rings. The second-order valence-corrected chi connectivity index (χ2v) is 15.3. The lowest BCUT2D eigenvalue weighted by Crippen LogP contribution is -2.59. The first kappa shape index (κ1) is 45.6. The van der Waals surface area contributed by atoms with Crippen molar-refractivity contribution in [1.29, 1.82) is 0 Å². The van der Waals surface area contributed by atoms with Crippen molar-refractivity contribution in [3.8, 4) is 0 Å². The van der Waals surface area contributed by atoms with E-state index in [9.17, 15) is 30.0 Å². The SMILES string of the molecule is CC[C@H]1C[C@@H](C)C(=O)/C=C/C(CO)=C/[C@H](COC2OC(C)C(O)C(OC)C2OC)[C@H](CC)OC(=O)C[C@@H](O)[C@H](C)C1OC1OC(C)CC(N(C)C)C1O. The number of methoxy groups -OCH3 is 2. The number of ketones is 1. The topological polar surface area (TPSA) is 183 Å². The molecule has 2 saturated heterocycles. The predicted octanol–water partition coefficient (Wildman–Crippen LogP) is 2.39.